The standard InChI is InChI=1S/C12H12BrNOS/c13-11-8-9(14)3-4-12(11)15-6-5-10-2-1-7-16-10/h1-4,7-8H,5-6,14H2. The molecule has 2 rings (SSSR count). The van der Waals surface area contributed by atoms with Crippen LogP contribution in [-0.4, -0.2) is 6.61 Å². The maximum absolute atomic E-state index is 5.67. The molecule has 0 unspecified atom stereocenters. The predicted molar refractivity (Wildman–Crippen MR) is 72.1 cm³/mol. The highest BCUT2D eigenvalue weighted by Crippen LogP contribution is 2.27. The van der Waals surface area contributed by atoms with Crippen LogP contribution < -0.4 is 10.5 Å². The summed E-state index contributed by atoms with van der Waals surface area (Å²) in [6, 6.07) is 9.74. The molecule has 1 aromatic carbocycles. The van der Waals surface area contributed by atoms with Gasteiger partial charge in [-0.1, -0.05) is 6.07 Å². The molecule has 0 aliphatic rings. The van der Waals surface area contributed by atoms with E-state index in [9.17, 15) is 0 Å². The Balaban J connectivity index is 1.90. The number of ether oxygens (including phenoxy) is 1. The first-order valence-electron chi connectivity index (χ1n) is 4.96. The average Bonchev–Trinajstić information content (AvgIpc) is 2.74. The van der Waals surface area contributed by atoms with Crippen LogP contribution in [0.25, 0.3) is 0 Å². The molecular formula is C12H12BrNOS. The van der Waals surface area contributed by atoms with E-state index in [1.165, 1.54) is 4.88 Å². The van der Waals surface area contributed by atoms with Crippen molar-refractivity contribution in [2.75, 3.05) is 12.3 Å². The van der Waals surface area contributed by atoms with E-state index in [-0.39, 0.29) is 0 Å². The zero-order chi connectivity index (χ0) is 11.4. The molecule has 0 aliphatic heterocycles. The molecule has 0 bridgehead atoms. The summed E-state index contributed by atoms with van der Waals surface area (Å²) in [4.78, 5) is 1.34. The van der Waals surface area contributed by atoms with E-state index in [0.717, 1.165) is 22.3 Å². The minimum atomic E-state index is 0.684. The van der Waals surface area contributed by atoms with Crippen LogP contribution >= 0.6 is 27.3 Å². The van der Waals surface area contributed by atoms with E-state index in [1.807, 2.05) is 18.2 Å². The van der Waals surface area contributed by atoms with Crippen LogP contribution in [0.2, 0.25) is 0 Å². The number of halogens is 1. The quantitative estimate of drug-likeness (QED) is 0.873. The van der Waals surface area contributed by atoms with Gasteiger partial charge in [-0.15, -0.1) is 11.3 Å². The lowest BCUT2D eigenvalue weighted by atomic mass is 10.3. The minimum absolute atomic E-state index is 0.684. The molecule has 4 heteroatoms. The zero-order valence-corrected chi connectivity index (χ0v) is 11.1. The normalized spacial score (nSPS) is 10.3. The third-order valence-corrected chi connectivity index (χ3v) is 3.70. The van der Waals surface area contributed by atoms with Crippen LogP contribution in [0, 0.1) is 0 Å². The van der Waals surface area contributed by atoms with Gasteiger partial charge in [0.1, 0.15) is 5.75 Å². The van der Waals surface area contributed by atoms with Crippen LogP contribution in [0.5, 0.6) is 5.75 Å². The number of anilines is 1. The summed E-state index contributed by atoms with van der Waals surface area (Å²) in [5.74, 6) is 0.839. The van der Waals surface area contributed by atoms with Gasteiger partial charge in [-0.3, -0.25) is 0 Å². The largest absolute Gasteiger partial charge is 0.492 e. The molecule has 2 nitrogen and oxygen atoms in total. The van der Waals surface area contributed by atoms with Crippen molar-refractivity contribution >= 4 is 33.0 Å². The second-order valence-corrected chi connectivity index (χ2v) is 5.25. The summed E-state index contributed by atoms with van der Waals surface area (Å²) in [6.07, 6.45) is 0.939. The number of thiophene rings is 1. The highest BCUT2D eigenvalue weighted by atomic mass is 79.9. The second kappa shape index (κ2) is 5.37. The SMILES string of the molecule is Nc1ccc(OCCc2cccs2)c(Br)c1. The van der Waals surface area contributed by atoms with E-state index in [2.05, 4.69) is 33.4 Å². The molecule has 16 heavy (non-hydrogen) atoms. The Kier molecular flexibility index (Phi) is 3.85. The maximum atomic E-state index is 5.67. The van der Waals surface area contributed by atoms with E-state index in [4.69, 9.17) is 10.5 Å². The molecule has 84 valence electrons. The Bertz CT molecular complexity index is 456. The molecule has 0 radical (unpaired) electrons. The lowest BCUT2D eigenvalue weighted by molar-refractivity contribution is 0.321. The fourth-order valence-corrected chi connectivity index (χ4v) is 2.55. The summed E-state index contributed by atoms with van der Waals surface area (Å²) in [5, 5.41) is 2.08. The van der Waals surface area contributed by atoms with E-state index >= 15 is 0 Å². The molecule has 1 heterocycles. The van der Waals surface area contributed by atoms with E-state index in [0.29, 0.717) is 6.61 Å². The lowest BCUT2D eigenvalue weighted by Gasteiger charge is -2.07. The first kappa shape index (κ1) is 11.5. The summed E-state index contributed by atoms with van der Waals surface area (Å²) >= 11 is 5.18. The predicted octanol–water partition coefficient (Wildman–Crippen LogP) is 3.71. The number of hydrogen-bond donors (Lipinski definition) is 1. The third kappa shape index (κ3) is 3.00. The van der Waals surface area contributed by atoms with Crippen molar-refractivity contribution < 1.29 is 4.74 Å². The van der Waals surface area contributed by atoms with Crippen molar-refractivity contribution in [1.82, 2.24) is 0 Å². The van der Waals surface area contributed by atoms with Gasteiger partial charge in [0, 0.05) is 17.0 Å². The molecule has 0 fully saturated rings. The van der Waals surface area contributed by atoms with Crippen LogP contribution in [0.1, 0.15) is 4.88 Å². The van der Waals surface area contributed by atoms with Gasteiger partial charge < -0.3 is 10.5 Å². The molecular weight excluding hydrogens is 286 g/mol. The Morgan fingerprint density at radius 1 is 1.31 bits per heavy atom. The fourth-order valence-electron chi connectivity index (χ4n) is 1.35. The average molecular weight is 298 g/mol. The summed E-state index contributed by atoms with van der Waals surface area (Å²) < 4.78 is 6.57. The van der Waals surface area contributed by atoms with E-state index < -0.39 is 0 Å². The molecule has 2 N–H and O–H groups in total. The first-order chi connectivity index (χ1) is 7.75. The monoisotopic (exact) mass is 297 g/mol. The first-order valence-corrected chi connectivity index (χ1v) is 6.63. The van der Waals surface area contributed by atoms with Crippen LogP contribution in [0.3, 0.4) is 0 Å². The van der Waals surface area contributed by atoms with Gasteiger partial charge in [0.05, 0.1) is 11.1 Å². The van der Waals surface area contributed by atoms with Gasteiger partial charge in [0.2, 0.25) is 0 Å². The van der Waals surface area contributed by atoms with Crippen LogP contribution in [-0.2, 0) is 6.42 Å². The summed E-state index contributed by atoms with van der Waals surface area (Å²) in [6.45, 7) is 0.684. The zero-order valence-electron chi connectivity index (χ0n) is 8.65. The van der Waals surface area contributed by atoms with Crippen molar-refractivity contribution in [3.05, 3.63) is 45.1 Å². The molecule has 0 spiro atoms. The number of nitrogens with two attached hydrogens (primary N) is 1. The molecule has 0 saturated heterocycles. The second-order valence-electron chi connectivity index (χ2n) is 3.37. The Hall–Kier alpha value is -1.00. The number of benzene rings is 1. The van der Waals surface area contributed by atoms with Gasteiger partial charge in [-0.05, 0) is 45.6 Å². The smallest absolute Gasteiger partial charge is 0.133 e. The highest BCUT2D eigenvalue weighted by Gasteiger charge is 2.01. The Morgan fingerprint density at radius 2 is 2.19 bits per heavy atom. The number of hydrogen-bond acceptors (Lipinski definition) is 3. The van der Waals surface area contributed by atoms with Gasteiger partial charge in [0.15, 0.2) is 0 Å². The molecule has 0 atom stereocenters. The molecule has 1 aromatic heterocycles. The highest BCUT2D eigenvalue weighted by molar-refractivity contribution is 9.10. The van der Waals surface area contributed by atoms with Gasteiger partial charge in [-0.2, -0.15) is 0 Å². The van der Waals surface area contributed by atoms with Gasteiger partial charge >= 0.3 is 0 Å². The van der Waals surface area contributed by atoms with Crippen LogP contribution in [0.15, 0.2) is 40.2 Å². The molecule has 0 saturated carbocycles. The maximum Gasteiger partial charge on any atom is 0.133 e. The van der Waals surface area contributed by atoms with Crippen molar-refractivity contribution in [1.29, 1.82) is 0 Å². The van der Waals surface area contributed by atoms with Crippen molar-refractivity contribution in [2.24, 2.45) is 0 Å². The third-order valence-electron chi connectivity index (χ3n) is 2.14. The van der Waals surface area contributed by atoms with Gasteiger partial charge in [-0.25, -0.2) is 0 Å². The van der Waals surface area contributed by atoms with Crippen molar-refractivity contribution in [2.45, 2.75) is 6.42 Å². The number of nitrogen functional groups attached to an aromatic ring is 1. The molecule has 0 aliphatic carbocycles. The van der Waals surface area contributed by atoms with Crippen LogP contribution in [0.4, 0.5) is 5.69 Å². The molecule has 0 amide bonds. The van der Waals surface area contributed by atoms with Crippen molar-refractivity contribution in [3.8, 4) is 5.75 Å². The summed E-state index contributed by atoms with van der Waals surface area (Å²) in [5.41, 5.74) is 6.38. The molecule has 2 aromatic rings. The minimum Gasteiger partial charge on any atom is -0.492 e. The number of rotatable bonds is 4. The van der Waals surface area contributed by atoms with Crippen molar-refractivity contribution in [3.63, 3.8) is 0 Å². The summed E-state index contributed by atoms with van der Waals surface area (Å²) in [7, 11) is 0. The lowest BCUT2D eigenvalue weighted by Crippen LogP contribution is -2.00. The van der Waals surface area contributed by atoms with E-state index in [1.54, 1.807) is 11.3 Å². The Morgan fingerprint density at radius 3 is 2.88 bits per heavy atom. The van der Waals surface area contributed by atoms with Gasteiger partial charge in [0.25, 0.3) is 0 Å². The Labute approximate surface area is 107 Å². The fraction of sp³-hybridized carbons (Fsp3) is 0.167. The topological polar surface area (TPSA) is 35.2 Å².